The summed E-state index contributed by atoms with van der Waals surface area (Å²) in [4.78, 5) is 0.921. The van der Waals surface area contributed by atoms with Gasteiger partial charge in [-0.1, -0.05) is 25.4 Å². The van der Waals surface area contributed by atoms with Crippen molar-refractivity contribution in [2.75, 3.05) is 0 Å². The van der Waals surface area contributed by atoms with Crippen LogP contribution in [0.4, 0.5) is 0 Å². The molecular weight excluding hydrogens is 216 g/mol. The van der Waals surface area contributed by atoms with Crippen LogP contribution in [0.2, 0.25) is 5.02 Å². The van der Waals surface area contributed by atoms with Crippen LogP contribution >= 0.6 is 22.9 Å². The van der Waals surface area contributed by atoms with Crippen LogP contribution in [0.3, 0.4) is 0 Å². The summed E-state index contributed by atoms with van der Waals surface area (Å²) >= 11 is 7.62. The zero-order chi connectivity index (χ0) is 10.7. The van der Waals surface area contributed by atoms with Gasteiger partial charge in [0.05, 0.1) is 16.0 Å². The van der Waals surface area contributed by atoms with E-state index in [4.69, 9.17) is 11.6 Å². The van der Waals surface area contributed by atoms with Crippen molar-refractivity contribution in [3.63, 3.8) is 0 Å². The van der Waals surface area contributed by atoms with Gasteiger partial charge in [-0.15, -0.1) is 11.3 Å². The second-order valence-electron chi connectivity index (χ2n) is 4.08. The second kappa shape index (κ2) is 5.15. The van der Waals surface area contributed by atoms with Crippen LogP contribution in [-0.2, 0) is 0 Å². The van der Waals surface area contributed by atoms with Gasteiger partial charge in [0.15, 0.2) is 0 Å². The third-order valence-corrected chi connectivity index (χ3v) is 4.06. The number of aryl methyl sites for hydroxylation is 1. The number of aliphatic hydroxyl groups is 1. The smallest absolute Gasteiger partial charge is 0.0897 e. The van der Waals surface area contributed by atoms with Gasteiger partial charge < -0.3 is 5.11 Å². The molecule has 1 heterocycles. The molecule has 1 aromatic rings. The van der Waals surface area contributed by atoms with Crippen LogP contribution < -0.4 is 0 Å². The van der Waals surface area contributed by atoms with Crippen LogP contribution in [0, 0.1) is 12.8 Å². The first kappa shape index (κ1) is 12.0. The first-order valence-electron chi connectivity index (χ1n) is 4.94. The van der Waals surface area contributed by atoms with Gasteiger partial charge in [-0.2, -0.15) is 0 Å². The molecule has 0 aliphatic carbocycles. The largest absolute Gasteiger partial charge is 0.388 e. The topological polar surface area (TPSA) is 20.2 Å². The molecule has 0 amide bonds. The number of rotatable bonds is 4. The minimum atomic E-state index is -0.386. The van der Waals surface area contributed by atoms with Gasteiger partial charge >= 0.3 is 0 Å². The summed E-state index contributed by atoms with van der Waals surface area (Å²) in [6.07, 6.45) is 1.45. The molecule has 3 heteroatoms. The van der Waals surface area contributed by atoms with E-state index in [1.54, 1.807) is 11.3 Å². The molecule has 0 aliphatic heterocycles. The van der Waals surface area contributed by atoms with E-state index in [1.807, 2.05) is 12.3 Å². The SMILES string of the molecule is Cc1csc(C(O)CCC(C)C)c1Cl. The van der Waals surface area contributed by atoms with E-state index in [1.165, 1.54) is 0 Å². The number of hydrogen-bond donors (Lipinski definition) is 1. The summed E-state index contributed by atoms with van der Waals surface area (Å²) in [6.45, 7) is 6.29. The van der Waals surface area contributed by atoms with Crippen molar-refractivity contribution in [2.45, 2.75) is 39.7 Å². The second-order valence-corrected chi connectivity index (χ2v) is 5.37. The predicted molar refractivity (Wildman–Crippen MR) is 63.1 cm³/mol. The molecular formula is C11H17ClOS. The number of hydrogen-bond acceptors (Lipinski definition) is 2. The van der Waals surface area contributed by atoms with Crippen molar-refractivity contribution >= 4 is 22.9 Å². The lowest BCUT2D eigenvalue weighted by Crippen LogP contribution is -1.98. The lowest BCUT2D eigenvalue weighted by atomic mass is 10.0. The fraction of sp³-hybridized carbons (Fsp3) is 0.636. The Morgan fingerprint density at radius 2 is 2.07 bits per heavy atom. The van der Waals surface area contributed by atoms with Crippen molar-refractivity contribution in [3.8, 4) is 0 Å². The third-order valence-electron chi connectivity index (χ3n) is 2.25. The zero-order valence-electron chi connectivity index (χ0n) is 8.88. The standard InChI is InChI=1S/C11H17ClOS/c1-7(2)4-5-9(13)11-10(12)8(3)6-14-11/h6-7,9,13H,4-5H2,1-3H3. The normalized spacial score (nSPS) is 13.6. The van der Waals surface area contributed by atoms with E-state index in [2.05, 4.69) is 13.8 Å². The number of aliphatic hydroxyl groups excluding tert-OH is 1. The molecule has 1 unspecified atom stereocenters. The summed E-state index contributed by atoms with van der Waals surface area (Å²) in [7, 11) is 0. The minimum Gasteiger partial charge on any atom is -0.388 e. The highest BCUT2D eigenvalue weighted by atomic mass is 35.5. The Morgan fingerprint density at radius 1 is 1.43 bits per heavy atom. The van der Waals surface area contributed by atoms with Crippen LogP contribution in [0.25, 0.3) is 0 Å². The molecule has 0 aliphatic rings. The Kier molecular flexibility index (Phi) is 4.42. The van der Waals surface area contributed by atoms with Crippen molar-refractivity contribution in [3.05, 3.63) is 20.8 Å². The summed E-state index contributed by atoms with van der Waals surface area (Å²) < 4.78 is 0. The maximum Gasteiger partial charge on any atom is 0.0897 e. The van der Waals surface area contributed by atoms with Gasteiger partial charge in [-0.25, -0.2) is 0 Å². The molecule has 1 nitrogen and oxygen atoms in total. The molecule has 0 spiro atoms. The third kappa shape index (κ3) is 2.97. The molecule has 1 atom stereocenters. The molecule has 0 saturated carbocycles. The van der Waals surface area contributed by atoms with Crippen LogP contribution in [0.15, 0.2) is 5.38 Å². The molecule has 0 aromatic carbocycles. The number of halogens is 1. The van der Waals surface area contributed by atoms with E-state index < -0.39 is 0 Å². The quantitative estimate of drug-likeness (QED) is 0.826. The maximum absolute atomic E-state index is 9.89. The fourth-order valence-corrected chi connectivity index (χ4v) is 2.64. The number of thiophene rings is 1. The average molecular weight is 233 g/mol. The van der Waals surface area contributed by atoms with E-state index in [0.717, 1.165) is 28.3 Å². The van der Waals surface area contributed by atoms with Crippen molar-refractivity contribution in [2.24, 2.45) is 5.92 Å². The van der Waals surface area contributed by atoms with Gasteiger partial charge in [0.1, 0.15) is 0 Å². The van der Waals surface area contributed by atoms with E-state index in [9.17, 15) is 5.11 Å². The molecule has 0 fully saturated rings. The van der Waals surface area contributed by atoms with Gasteiger partial charge in [-0.3, -0.25) is 0 Å². The van der Waals surface area contributed by atoms with Crippen LogP contribution in [0.1, 0.15) is 43.2 Å². The van der Waals surface area contributed by atoms with Crippen molar-refractivity contribution < 1.29 is 5.11 Å². The molecule has 1 N–H and O–H groups in total. The Bertz CT molecular complexity index is 293. The highest BCUT2D eigenvalue weighted by molar-refractivity contribution is 7.10. The molecule has 14 heavy (non-hydrogen) atoms. The van der Waals surface area contributed by atoms with Gasteiger partial charge in [0.2, 0.25) is 0 Å². The first-order valence-corrected chi connectivity index (χ1v) is 6.19. The summed E-state index contributed by atoms with van der Waals surface area (Å²) in [5.74, 6) is 0.629. The van der Waals surface area contributed by atoms with Crippen molar-refractivity contribution in [1.82, 2.24) is 0 Å². The highest BCUT2D eigenvalue weighted by Crippen LogP contribution is 2.34. The Hall–Kier alpha value is -0.0500. The first-order chi connectivity index (χ1) is 6.52. The molecule has 0 radical (unpaired) electrons. The zero-order valence-corrected chi connectivity index (χ0v) is 10.5. The Morgan fingerprint density at radius 3 is 2.50 bits per heavy atom. The van der Waals surface area contributed by atoms with E-state index in [-0.39, 0.29) is 6.10 Å². The monoisotopic (exact) mass is 232 g/mol. The van der Waals surface area contributed by atoms with Crippen LogP contribution in [0.5, 0.6) is 0 Å². The molecule has 80 valence electrons. The summed E-state index contributed by atoms with van der Waals surface area (Å²) in [5.41, 5.74) is 1.07. The van der Waals surface area contributed by atoms with Crippen LogP contribution in [-0.4, -0.2) is 5.11 Å². The van der Waals surface area contributed by atoms with Crippen molar-refractivity contribution in [1.29, 1.82) is 0 Å². The van der Waals surface area contributed by atoms with Gasteiger partial charge in [0.25, 0.3) is 0 Å². The summed E-state index contributed by atoms with van der Waals surface area (Å²) in [5, 5.41) is 12.6. The Labute approximate surface area is 94.7 Å². The maximum atomic E-state index is 9.89. The van der Waals surface area contributed by atoms with E-state index in [0.29, 0.717) is 5.92 Å². The fourth-order valence-electron chi connectivity index (χ4n) is 1.30. The highest BCUT2D eigenvalue weighted by Gasteiger charge is 2.15. The molecule has 0 bridgehead atoms. The van der Waals surface area contributed by atoms with E-state index >= 15 is 0 Å². The minimum absolute atomic E-state index is 0.386. The van der Waals surface area contributed by atoms with Gasteiger partial charge in [0, 0.05) is 0 Å². The lowest BCUT2D eigenvalue weighted by Gasteiger charge is -2.10. The predicted octanol–water partition coefficient (Wildman–Crippen LogP) is 4.18. The molecule has 1 aromatic heterocycles. The van der Waals surface area contributed by atoms with Gasteiger partial charge in [-0.05, 0) is 36.6 Å². The summed E-state index contributed by atoms with van der Waals surface area (Å²) in [6, 6.07) is 0. The molecule has 0 saturated heterocycles. The Balaban J connectivity index is 2.60. The average Bonchev–Trinajstić information content (AvgIpc) is 2.44. The molecule has 1 rings (SSSR count). The lowest BCUT2D eigenvalue weighted by molar-refractivity contribution is 0.163.